The number of aliphatic hydroxyl groups is 1. The molecule has 0 atom stereocenters. The third-order valence-electron chi connectivity index (χ3n) is 4.48. The number of anilines is 1. The lowest BCUT2D eigenvalue weighted by molar-refractivity contribution is 0.154. The summed E-state index contributed by atoms with van der Waals surface area (Å²) in [5.41, 5.74) is -0.823. The van der Waals surface area contributed by atoms with Crippen molar-refractivity contribution in [3.63, 3.8) is 0 Å². The largest absolute Gasteiger partial charge is 0.394 e. The van der Waals surface area contributed by atoms with Crippen LogP contribution >= 0.6 is 0 Å². The molecule has 0 aliphatic heterocycles. The van der Waals surface area contributed by atoms with Crippen LogP contribution in [0.5, 0.6) is 0 Å². The number of aliphatic hydroxyl groups excluding tert-OH is 1. The van der Waals surface area contributed by atoms with Gasteiger partial charge in [-0.3, -0.25) is 4.79 Å². The lowest BCUT2D eigenvalue weighted by atomic mass is 9.77. The molecule has 1 aliphatic carbocycles. The molecule has 118 valence electrons. The molecule has 5 nitrogen and oxygen atoms in total. The van der Waals surface area contributed by atoms with Crippen LogP contribution in [-0.4, -0.2) is 26.8 Å². The van der Waals surface area contributed by atoms with Crippen molar-refractivity contribution in [2.75, 3.05) is 11.9 Å². The fraction of sp³-hybridized carbons (Fsp3) is 0.750. The van der Waals surface area contributed by atoms with Gasteiger partial charge in [-0.2, -0.15) is 0 Å². The Morgan fingerprint density at radius 2 is 2.05 bits per heavy atom. The van der Waals surface area contributed by atoms with Gasteiger partial charge < -0.3 is 15.0 Å². The minimum absolute atomic E-state index is 0.0330. The first-order chi connectivity index (χ1) is 9.77. The van der Waals surface area contributed by atoms with E-state index < -0.39 is 5.54 Å². The maximum Gasteiger partial charge on any atom is 0.293 e. The number of hydrogen-bond donors (Lipinski definition) is 2. The highest BCUT2D eigenvalue weighted by atomic mass is 16.3. The van der Waals surface area contributed by atoms with Gasteiger partial charge in [0.05, 0.1) is 12.1 Å². The third kappa shape index (κ3) is 3.46. The van der Waals surface area contributed by atoms with Crippen molar-refractivity contribution in [1.29, 1.82) is 0 Å². The molecule has 21 heavy (non-hydrogen) atoms. The number of rotatable bonds is 3. The summed E-state index contributed by atoms with van der Waals surface area (Å²) < 4.78 is 1.68. The average Bonchev–Trinajstić information content (AvgIpc) is 2.43. The third-order valence-corrected chi connectivity index (χ3v) is 4.48. The van der Waals surface area contributed by atoms with Gasteiger partial charge >= 0.3 is 0 Å². The zero-order valence-electron chi connectivity index (χ0n) is 13.5. The molecular weight excluding hydrogens is 266 g/mol. The molecule has 5 heteroatoms. The predicted molar refractivity (Wildman–Crippen MR) is 84.6 cm³/mol. The van der Waals surface area contributed by atoms with Gasteiger partial charge in [-0.05, 0) is 52.4 Å². The molecular formula is C16H27N3O2. The average molecular weight is 293 g/mol. The van der Waals surface area contributed by atoms with E-state index in [9.17, 15) is 9.90 Å². The van der Waals surface area contributed by atoms with E-state index in [2.05, 4.69) is 17.2 Å². The molecule has 0 bridgehead atoms. The van der Waals surface area contributed by atoms with E-state index in [1.807, 2.05) is 20.8 Å². The van der Waals surface area contributed by atoms with Crippen LogP contribution in [-0.2, 0) is 5.54 Å². The summed E-state index contributed by atoms with van der Waals surface area (Å²) in [6.07, 6.45) is 7.22. The highest BCUT2D eigenvalue weighted by molar-refractivity contribution is 5.36. The van der Waals surface area contributed by atoms with Crippen LogP contribution in [0.25, 0.3) is 0 Å². The first-order valence-electron chi connectivity index (χ1n) is 7.75. The van der Waals surface area contributed by atoms with Crippen LogP contribution < -0.4 is 10.9 Å². The highest BCUT2D eigenvalue weighted by Crippen LogP contribution is 2.33. The molecule has 1 aliphatic rings. The first kappa shape index (κ1) is 16.0. The minimum Gasteiger partial charge on any atom is -0.394 e. The second kappa shape index (κ2) is 5.79. The Morgan fingerprint density at radius 3 is 2.57 bits per heavy atom. The molecule has 0 aromatic carbocycles. The quantitative estimate of drug-likeness (QED) is 0.897. The maximum absolute atomic E-state index is 12.6. The predicted octanol–water partition coefficient (Wildman–Crippen LogP) is 2.35. The molecule has 0 unspecified atom stereocenters. The van der Waals surface area contributed by atoms with Gasteiger partial charge in [-0.25, -0.2) is 4.98 Å². The van der Waals surface area contributed by atoms with Crippen LogP contribution in [0.1, 0.15) is 53.4 Å². The molecule has 1 aromatic rings. The summed E-state index contributed by atoms with van der Waals surface area (Å²) in [5.74, 6) is 1.03. The highest BCUT2D eigenvalue weighted by Gasteiger charge is 2.34. The minimum atomic E-state index is -0.407. The summed E-state index contributed by atoms with van der Waals surface area (Å²) in [6, 6.07) is 0. The number of hydrogen-bond acceptors (Lipinski definition) is 4. The van der Waals surface area contributed by atoms with Crippen molar-refractivity contribution in [3.05, 3.63) is 22.7 Å². The van der Waals surface area contributed by atoms with Gasteiger partial charge in [0, 0.05) is 17.9 Å². The fourth-order valence-corrected chi connectivity index (χ4v) is 2.91. The van der Waals surface area contributed by atoms with Crippen molar-refractivity contribution in [1.82, 2.24) is 9.55 Å². The Morgan fingerprint density at radius 1 is 1.43 bits per heavy atom. The van der Waals surface area contributed by atoms with Crippen molar-refractivity contribution in [3.8, 4) is 0 Å². The Balaban J connectivity index is 2.29. The monoisotopic (exact) mass is 293 g/mol. The van der Waals surface area contributed by atoms with Crippen molar-refractivity contribution < 1.29 is 5.11 Å². The number of aromatic nitrogens is 2. The maximum atomic E-state index is 12.6. The van der Waals surface area contributed by atoms with Crippen molar-refractivity contribution >= 4 is 5.82 Å². The molecule has 0 radical (unpaired) electrons. The zero-order valence-corrected chi connectivity index (χ0v) is 13.5. The van der Waals surface area contributed by atoms with E-state index in [0.717, 1.165) is 25.7 Å². The fourth-order valence-electron chi connectivity index (χ4n) is 2.91. The molecule has 0 saturated heterocycles. The van der Waals surface area contributed by atoms with Crippen LogP contribution in [0.4, 0.5) is 5.82 Å². The van der Waals surface area contributed by atoms with E-state index in [4.69, 9.17) is 0 Å². The van der Waals surface area contributed by atoms with Crippen molar-refractivity contribution in [2.45, 2.75) is 64.5 Å². The SMILES string of the molecule is CC1CCC(CO)(Nc2nccn(C(C)(C)C)c2=O)CC1. The van der Waals surface area contributed by atoms with Gasteiger partial charge in [-0.15, -0.1) is 0 Å². The number of nitrogens with zero attached hydrogens (tertiary/aromatic N) is 2. The van der Waals surface area contributed by atoms with E-state index in [1.54, 1.807) is 17.0 Å². The Labute approximate surface area is 126 Å². The lowest BCUT2D eigenvalue weighted by Crippen LogP contribution is -2.47. The Hall–Kier alpha value is -1.36. The van der Waals surface area contributed by atoms with Gasteiger partial charge in [0.1, 0.15) is 0 Å². The first-order valence-corrected chi connectivity index (χ1v) is 7.75. The molecule has 1 aromatic heterocycles. The summed E-state index contributed by atoms with van der Waals surface area (Å²) in [5, 5.41) is 13.1. The normalized spacial score (nSPS) is 26.6. The molecule has 0 amide bonds. The van der Waals surface area contributed by atoms with E-state index in [-0.39, 0.29) is 17.7 Å². The van der Waals surface area contributed by atoms with Crippen LogP contribution in [0.2, 0.25) is 0 Å². The molecule has 0 spiro atoms. The number of nitrogens with one attached hydrogen (secondary N) is 1. The Kier molecular flexibility index (Phi) is 4.42. The van der Waals surface area contributed by atoms with E-state index >= 15 is 0 Å². The van der Waals surface area contributed by atoms with Gasteiger partial charge in [0.25, 0.3) is 5.56 Å². The molecule has 1 fully saturated rings. The van der Waals surface area contributed by atoms with Crippen LogP contribution in [0.3, 0.4) is 0 Å². The van der Waals surface area contributed by atoms with Gasteiger partial charge in [0.2, 0.25) is 0 Å². The lowest BCUT2D eigenvalue weighted by Gasteiger charge is -2.39. The summed E-state index contributed by atoms with van der Waals surface area (Å²) >= 11 is 0. The van der Waals surface area contributed by atoms with Gasteiger partial charge in [0.15, 0.2) is 5.82 Å². The standard InChI is InChI=1S/C16H27N3O2/c1-12-5-7-16(11-20,8-6-12)18-13-14(21)19(10-9-17-13)15(2,3)4/h9-10,12,20H,5-8,11H2,1-4H3,(H,17,18). The second-order valence-corrected chi connectivity index (χ2v) is 7.37. The van der Waals surface area contributed by atoms with Crippen molar-refractivity contribution in [2.24, 2.45) is 5.92 Å². The Bertz CT molecular complexity index is 537. The van der Waals surface area contributed by atoms with Gasteiger partial charge in [-0.1, -0.05) is 6.92 Å². The van der Waals surface area contributed by atoms with Crippen LogP contribution in [0, 0.1) is 5.92 Å². The van der Waals surface area contributed by atoms with E-state index in [1.165, 1.54) is 0 Å². The van der Waals surface area contributed by atoms with E-state index in [0.29, 0.717) is 11.7 Å². The summed E-state index contributed by atoms with van der Waals surface area (Å²) in [6.45, 7) is 8.23. The second-order valence-electron chi connectivity index (χ2n) is 7.37. The summed E-state index contributed by atoms with van der Waals surface area (Å²) in [7, 11) is 0. The molecule has 1 saturated carbocycles. The summed E-state index contributed by atoms with van der Waals surface area (Å²) in [4.78, 5) is 16.8. The zero-order chi connectivity index (χ0) is 15.7. The van der Waals surface area contributed by atoms with Crippen LogP contribution in [0.15, 0.2) is 17.2 Å². The molecule has 1 heterocycles. The molecule has 2 N–H and O–H groups in total. The smallest absolute Gasteiger partial charge is 0.293 e. The molecule has 2 rings (SSSR count). The topological polar surface area (TPSA) is 67.2 Å².